The number of nitrogens with zero attached hydrogens (tertiary/aromatic N) is 2. The molecule has 1 aliphatic rings. The zero-order chi connectivity index (χ0) is 19.2. The van der Waals surface area contributed by atoms with Crippen LogP contribution < -0.4 is 0 Å². The minimum absolute atomic E-state index is 0.328. The first kappa shape index (κ1) is 18.4. The summed E-state index contributed by atoms with van der Waals surface area (Å²) < 4.78 is 42.6. The predicted molar refractivity (Wildman–Crippen MR) is 109 cm³/mol. The molecule has 2 heterocycles. The van der Waals surface area contributed by atoms with Crippen LogP contribution in [0, 0.1) is 5.82 Å². The number of rotatable bonds is 3. The van der Waals surface area contributed by atoms with Crippen LogP contribution in [0.5, 0.6) is 0 Å². The monoisotopic (exact) mass is 448 g/mol. The van der Waals surface area contributed by atoms with Gasteiger partial charge < -0.3 is 4.90 Å². The second kappa shape index (κ2) is 6.89. The lowest BCUT2D eigenvalue weighted by atomic mass is 9.99. The summed E-state index contributed by atoms with van der Waals surface area (Å²) in [6, 6.07) is 11.0. The molecule has 0 fully saturated rings. The number of benzene rings is 2. The molecular formula is C20H18BrFN2O2S. The van der Waals surface area contributed by atoms with Crippen LogP contribution in [0.25, 0.3) is 16.5 Å². The van der Waals surface area contributed by atoms with Crippen molar-refractivity contribution in [2.45, 2.75) is 11.3 Å². The van der Waals surface area contributed by atoms with Gasteiger partial charge in [0.05, 0.1) is 5.52 Å². The van der Waals surface area contributed by atoms with Gasteiger partial charge in [-0.3, -0.25) is 0 Å². The molecule has 0 N–H and O–H groups in total. The van der Waals surface area contributed by atoms with E-state index in [4.69, 9.17) is 0 Å². The van der Waals surface area contributed by atoms with Gasteiger partial charge in [0.15, 0.2) is 0 Å². The Kier molecular flexibility index (Phi) is 4.70. The van der Waals surface area contributed by atoms with Gasteiger partial charge >= 0.3 is 0 Å². The first-order valence-corrected chi connectivity index (χ1v) is 10.8. The molecule has 4 nitrogen and oxygen atoms in total. The molecule has 0 radical (unpaired) electrons. The van der Waals surface area contributed by atoms with Crippen LogP contribution in [-0.4, -0.2) is 37.4 Å². The van der Waals surface area contributed by atoms with E-state index in [1.54, 1.807) is 12.3 Å². The molecule has 7 heteroatoms. The van der Waals surface area contributed by atoms with Crippen molar-refractivity contribution in [2.24, 2.45) is 0 Å². The zero-order valence-corrected chi connectivity index (χ0v) is 17.1. The molecule has 140 valence electrons. The van der Waals surface area contributed by atoms with E-state index >= 15 is 0 Å². The largest absolute Gasteiger partial charge is 0.302 e. The highest BCUT2D eigenvalue weighted by molar-refractivity contribution is 9.10. The van der Waals surface area contributed by atoms with Crippen molar-refractivity contribution in [3.8, 4) is 0 Å². The molecule has 0 amide bonds. The standard InChI is InChI=1S/C20H18BrFN2O2S/c1-23-10-8-14(9-11-23)17-13-24(19-12-15(21)6-7-16(17)19)27(25,26)20-5-3-2-4-18(20)22/h2-8,12-13H,9-11H2,1H3. The van der Waals surface area contributed by atoms with E-state index in [9.17, 15) is 12.8 Å². The molecule has 0 unspecified atom stereocenters. The number of fused-ring (bicyclic) bond motifs is 1. The average molecular weight is 449 g/mol. The summed E-state index contributed by atoms with van der Waals surface area (Å²) in [6.45, 7) is 1.73. The molecule has 0 saturated carbocycles. The van der Waals surface area contributed by atoms with Gasteiger partial charge in [0.25, 0.3) is 10.0 Å². The van der Waals surface area contributed by atoms with Crippen LogP contribution in [0.15, 0.2) is 64.1 Å². The Morgan fingerprint density at radius 2 is 1.93 bits per heavy atom. The lowest BCUT2D eigenvalue weighted by Gasteiger charge is -2.21. The Morgan fingerprint density at radius 1 is 1.15 bits per heavy atom. The smallest absolute Gasteiger partial charge is 0.271 e. The minimum Gasteiger partial charge on any atom is -0.302 e. The van der Waals surface area contributed by atoms with E-state index in [1.165, 1.54) is 22.2 Å². The van der Waals surface area contributed by atoms with Crippen molar-refractivity contribution in [3.63, 3.8) is 0 Å². The van der Waals surface area contributed by atoms with E-state index in [-0.39, 0.29) is 4.90 Å². The maximum Gasteiger partial charge on any atom is 0.271 e. The van der Waals surface area contributed by atoms with Gasteiger partial charge in [0, 0.05) is 34.7 Å². The van der Waals surface area contributed by atoms with E-state index in [1.807, 2.05) is 12.1 Å². The number of aromatic nitrogens is 1. The highest BCUT2D eigenvalue weighted by atomic mass is 79.9. The van der Waals surface area contributed by atoms with E-state index in [2.05, 4.69) is 34.0 Å². The van der Waals surface area contributed by atoms with E-state index < -0.39 is 15.8 Å². The summed E-state index contributed by atoms with van der Waals surface area (Å²) in [5.74, 6) is -0.755. The van der Waals surface area contributed by atoms with Crippen LogP contribution in [0.1, 0.15) is 12.0 Å². The maximum atomic E-state index is 14.2. The van der Waals surface area contributed by atoms with E-state index in [0.717, 1.165) is 46.6 Å². The Hall–Kier alpha value is -1.96. The first-order valence-electron chi connectivity index (χ1n) is 8.56. The van der Waals surface area contributed by atoms with Crippen LogP contribution in [-0.2, 0) is 10.0 Å². The highest BCUT2D eigenvalue weighted by Gasteiger charge is 2.25. The summed E-state index contributed by atoms with van der Waals surface area (Å²) in [4.78, 5) is 1.88. The minimum atomic E-state index is -4.06. The molecular weight excluding hydrogens is 431 g/mol. The molecule has 4 rings (SSSR count). The molecule has 3 aromatic rings. The fourth-order valence-corrected chi connectivity index (χ4v) is 5.18. The van der Waals surface area contributed by atoms with Gasteiger partial charge in [-0.15, -0.1) is 0 Å². The number of likely N-dealkylation sites (N-methyl/N-ethyl adjacent to an activating group) is 1. The van der Waals surface area contributed by atoms with Gasteiger partial charge in [-0.25, -0.2) is 16.8 Å². The topological polar surface area (TPSA) is 42.3 Å². The lowest BCUT2D eigenvalue weighted by molar-refractivity contribution is 0.370. The van der Waals surface area contributed by atoms with Gasteiger partial charge in [0.1, 0.15) is 10.7 Å². The third-order valence-corrected chi connectivity index (χ3v) is 7.07. The quantitative estimate of drug-likeness (QED) is 0.592. The molecule has 0 atom stereocenters. The van der Waals surface area contributed by atoms with Gasteiger partial charge in [-0.05, 0) is 43.3 Å². The third kappa shape index (κ3) is 3.24. The second-order valence-corrected chi connectivity index (χ2v) is 9.38. The van der Waals surface area contributed by atoms with Crippen LogP contribution in [0.3, 0.4) is 0 Å². The summed E-state index contributed by atoms with van der Waals surface area (Å²) in [6.07, 6.45) is 4.59. The normalized spacial score (nSPS) is 15.9. The zero-order valence-electron chi connectivity index (χ0n) is 14.7. The van der Waals surface area contributed by atoms with Crippen molar-refractivity contribution >= 4 is 42.4 Å². The second-order valence-electron chi connectivity index (χ2n) is 6.68. The number of halogens is 2. The molecule has 0 bridgehead atoms. The van der Waals surface area contributed by atoms with E-state index in [0.29, 0.717) is 5.52 Å². The van der Waals surface area contributed by atoms with Crippen LogP contribution in [0.2, 0.25) is 0 Å². The number of hydrogen-bond acceptors (Lipinski definition) is 3. The fourth-order valence-electron chi connectivity index (χ4n) is 3.40. The molecule has 1 aliphatic heterocycles. The summed E-state index contributed by atoms with van der Waals surface area (Å²) in [5, 5.41) is 0.842. The Balaban J connectivity index is 1.97. The lowest BCUT2D eigenvalue weighted by Crippen LogP contribution is -2.23. The average Bonchev–Trinajstić information content (AvgIpc) is 3.02. The fraction of sp³-hybridized carbons (Fsp3) is 0.200. The van der Waals surface area contributed by atoms with Crippen LogP contribution >= 0.6 is 15.9 Å². The van der Waals surface area contributed by atoms with Gasteiger partial charge in [-0.2, -0.15) is 0 Å². The molecule has 0 aliphatic carbocycles. The third-order valence-electron chi connectivity index (χ3n) is 4.87. The number of hydrogen-bond donors (Lipinski definition) is 0. The summed E-state index contributed by atoms with van der Waals surface area (Å²) in [5.41, 5.74) is 2.52. The molecule has 27 heavy (non-hydrogen) atoms. The van der Waals surface area contributed by atoms with Crippen molar-refractivity contribution < 1.29 is 12.8 Å². The van der Waals surface area contributed by atoms with Crippen molar-refractivity contribution in [1.82, 2.24) is 8.87 Å². The Morgan fingerprint density at radius 3 is 2.63 bits per heavy atom. The molecule has 1 aromatic heterocycles. The van der Waals surface area contributed by atoms with Crippen molar-refractivity contribution in [2.75, 3.05) is 20.1 Å². The molecule has 0 spiro atoms. The van der Waals surface area contributed by atoms with Crippen molar-refractivity contribution in [3.05, 3.63) is 70.6 Å². The molecule has 0 saturated heterocycles. The summed E-state index contributed by atoms with van der Waals surface area (Å²) in [7, 11) is -2.01. The molecule has 2 aromatic carbocycles. The SMILES string of the molecule is CN1CC=C(c2cn(S(=O)(=O)c3ccccc3F)c3cc(Br)ccc23)CC1. The Labute approximate surface area is 166 Å². The van der Waals surface area contributed by atoms with Gasteiger partial charge in [-0.1, -0.05) is 40.2 Å². The Bertz CT molecular complexity index is 1170. The predicted octanol–water partition coefficient (Wildman–Crippen LogP) is 4.50. The van der Waals surface area contributed by atoms with Crippen LogP contribution in [0.4, 0.5) is 4.39 Å². The first-order chi connectivity index (χ1) is 12.9. The highest BCUT2D eigenvalue weighted by Crippen LogP contribution is 2.34. The van der Waals surface area contributed by atoms with Gasteiger partial charge in [0.2, 0.25) is 0 Å². The summed E-state index contributed by atoms with van der Waals surface area (Å²) >= 11 is 3.41. The van der Waals surface area contributed by atoms with Crippen molar-refractivity contribution in [1.29, 1.82) is 0 Å². The maximum absolute atomic E-state index is 14.2.